The van der Waals surface area contributed by atoms with Gasteiger partial charge in [0.25, 0.3) is 0 Å². The number of nitrogens with two attached hydrogens (primary N) is 1. The first-order chi connectivity index (χ1) is 9.76. The predicted octanol–water partition coefficient (Wildman–Crippen LogP) is 4.13. The van der Waals surface area contributed by atoms with Crippen molar-refractivity contribution in [3.8, 4) is 0 Å². The predicted molar refractivity (Wildman–Crippen MR) is 87.2 cm³/mol. The zero-order valence-electron chi connectivity index (χ0n) is 11.2. The van der Waals surface area contributed by atoms with E-state index >= 15 is 0 Å². The Bertz CT molecular complexity index is 720. The lowest BCUT2D eigenvalue weighted by Gasteiger charge is -2.02. The minimum Gasteiger partial charge on any atom is -0.399 e. The highest BCUT2D eigenvalue weighted by Crippen LogP contribution is 2.32. The number of thiophene rings is 1. The molecule has 3 rings (SSSR count). The molecule has 2 N–H and O–H groups in total. The summed E-state index contributed by atoms with van der Waals surface area (Å²) in [5.41, 5.74) is 7.75. The van der Waals surface area contributed by atoms with Gasteiger partial charge in [-0.2, -0.15) is 0 Å². The summed E-state index contributed by atoms with van der Waals surface area (Å²) in [5, 5.41) is 2.23. The van der Waals surface area contributed by atoms with E-state index in [1.165, 1.54) is 15.8 Å². The van der Waals surface area contributed by atoms with E-state index in [1.807, 2.05) is 12.1 Å². The Morgan fingerprint density at radius 3 is 2.75 bits per heavy atom. The second-order valence-electron chi connectivity index (χ2n) is 4.49. The van der Waals surface area contributed by atoms with Gasteiger partial charge in [-0.05, 0) is 30.2 Å². The van der Waals surface area contributed by atoms with Crippen LogP contribution in [0, 0.1) is 0 Å². The van der Waals surface area contributed by atoms with Gasteiger partial charge in [0.05, 0.1) is 0 Å². The van der Waals surface area contributed by atoms with E-state index in [0.29, 0.717) is 0 Å². The lowest BCUT2D eigenvalue weighted by Crippen LogP contribution is -1.87. The van der Waals surface area contributed by atoms with Crippen molar-refractivity contribution < 1.29 is 0 Å². The average molecular weight is 301 g/mol. The molecule has 5 heteroatoms. The monoisotopic (exact) mass is 301 g/mol. The molecule has 0 saturated carbocycles. The maximum atomic E-state index is 5.70. The second-order valence-corrected chi connectivity index (χ2v) is 6.57. The minimum atomic E-state index is 0.800. The van der Waals surface area contributed by atoms with Crippen molar-refractivity contribution >= 4 is 39.0 Å². The number of rotatable bonds is 4. The Hall–Kier alpha value is -1.59. The number of hydrogen-bond donors (Lipinski definition) is 1. The second kappa shape index (κ2) is 5.81. The molecular formula is C15H15N3S2. The van der Waals surface area contributed by atoms with Crippen LogP contribution in [0.5, 0.6) is 0 Å². The Kier molecular flexibility index (Phi) is 3.89. The molecule has 0 amide bonds. The van der Waals surface area contributed by atoms with Crippen molar-refractivity contribution in [2.24, 2.45) is 0 Å². The van der Waals surface area contributed by atoms with Gasteiger partial charge in [0.15, 0.2) is 0 Å². The normalized spacial score (nSPS) is 11.1. The maximum Gasteiger partial charge on any atom is 0.128 e. The van der Waals surface area contributed by atoms with Gasteiger partial charge in [-0.1, -0.05) is 19.1 Å². The molecule has 0 spiro atoms. The fraction of sp³-hybridized carbons (Fsp3) is 0.200. The molecule has 1 aromatic carbocycles. The van der Waals surface area contributed by atoms with Crippen molar-refractivity contribution in [3.63, 3.8) is 0 Å². The van der Waals surface area contributed by atoms with E-state index in [4.69, 9.17) is 5.73 Å². The molecule has 0 fully saturated rings. The molecule has 0 unspecified atom stereocenters. The summed E-state index contributed by atoms with van der Waals surface area (Å²) in [6.07, 6.45) is 2.70. The van der Waals surface area contributed by atoms with Crippen LogP contribution in [-0.4, -0.2) is 9.97 Å². The van der Waals surface area contributed by atoms with Crippen LogP contribution in [0.15, 0.2) is 41.7 Å². The lowest BCUT2D eigenvalue weighted by atomic mass is 10.2. The van der Waals surface area contributed by atoms with E-state index in [-0.39, 0.29) is 0 Å². The fourth-order valence-electron chi connectivity index (χ4n) is 1.94. The molecule has 0 aliphatic carbocycles. The average Bonchev–Trinajstić information content (AvgIpc) is 2.90. The number of anilines is 1. The van der Waals surface area contributed by atoms with Crippen LogP contribution in [0.3, 0.4) is 0 Å². The fourth-order valence-corrected chi connectivity index (χ4v) is 3.87. The van der Waals surface area contributed by atoms with Crippen molar-refractivity contribution in [2.45, 2.75) is 24.1 Å². The molecule has 3 nitrogen and oxygen atoms in total. The van der Waals surface area contributed by atoms with Crippen LogP contribution in [0.1, 0.15) is 17.4 Å². The van der Waals surface area contributed by atoms with Crippen molar-refractivity contribution in [1.82, 2.24) is 9.97 Å². The van der Waals surface area contributed by atoms with Gasteiger partial charge < -0.3 is 5.73 Å². The van der Waals surface area contributed by atoms with E-state index < -0.39 is 0 Å². The van der Waals surface area contributed by atoms with Crippen LogP contribution in [0.25, 0.3) is 10.2 Å². The van der Waals surface area contributed by atoms with Crippen LogP contribution in [-0.2, 0) is 12.2 Å². The lowest BCUT2D eigenvalue weighted by molar-refractivity contribution is 1.10. The summed E-state index contributed by atoms with van der Waals surface area (Å²) >= 11 is 3.50. The zero-order chi connectivity index (χ0) is 13.9. The number of hydrogen-bond acceptors (Lipinski definition) is 5. The maximum absolute atomic E-state index is 5.70. The molecule has 2 heterocycles. The van der Waals surface area contributed by atoms with Gasteiger partial charge in [0, 0.05) is 21.7 Å². The largest absolute Gasteiger partial charge is 0.399 e. The van der Waals surface area contributed by atoms with Crippen molar-refractivity contribution in [2.75, 3.05) is 5.73 Å². The van der Waals surface area contributed by atoms with Gasteiger partial charge in [0.2, 0.25) is 0 Å². The number of fused-ring (bicyclic) bond motifs is 1. The van der Waals surface area contributed by atoms with Crippen LogP contribution < -0.4 is 5.73 Å². The first-order valence-corrected chi connectivity index (χ1v) is 8.27. The van der Waals surface area contributed by atoms with Gasteiger partial charge in [-0.25, -0.2) is 9.97 Å². The number of benzene rings is 1. The molecule has 0 radical (unpaired) electrons. The van der Waals surface area contributed by atoms with E-state index in [1.54, 1.807) is 29.4 Å². The molecular weight excluding hydrogens is 286 g/mol. The quantitative estimate of drug-likeness (QED) is 0.447. The van der Waals surface area contributed by atoms with Crippen molar-refractivity contribution in [3.05, 3.63) is 47.1 Å². The topological polar surface area (TPSA) is 51.8 Å². The third kappa shape index (κ3) is 2.78. The molecule has 2 aromatic heterocycles. The molecule has 20 heavy (non-hydrogen) atoms. The molecule has 0 bridgehead atoms. The summed E-state index contributed by atoms with van der Waals surface area (Å²) in [6, 6.07) is 10.2. The number of nitrogens with zero attached hydrogens (tertiary/aromatic N) is 2. The highest BCUT2D eigenvalue weighted by Gasteiger charge is 2.08. The number of nitrogen functional groups attached to an aromatic ring is 1. The van der Waals surface area contributed by atoms with E-state index in [0.717, 1.165) is 27.7 Å². The summed E-state index contributed by atoms with van der Waals surface area (Å²) in [4.78, 5) is 11.2. The SMILES string of the molecule is CCc1cc2c(SCc3ccc(N)cc3)ncnc2s1. The molecule has 0 saturated heterocycles. The molecule has 102 valence electrons. The van der Waals surface area contributed by atoms with Crippen LogP contribution >= 0.6 is 23.1 Å². The smallest absolute Gasteiger partial charge is 0.128 e. The number of aromatic nitrogens is 2. The van der Waals surface area contributed by atoms with E-state index in [2.05, 4.69) is 35.1 Å². The molecule has 0 aliphatic rings. The zero-order valence-corrected chi connectivity index (χ0v) is 12.8. The molecule has 0 atom stereocenters. The third-order valence-electron chi connectivity index (χ3n) is 3.05. The summed E-state index contributed by atoms with van der Waals surface area (Å²) in [5.74, 6) is 0.893. The van der Waals surface area contributed by atoms with Gasteiger partial charge in [0.1, 0.15) is 16.2 Å². The van der Waals surface area contributed by atoms with E-state index in [9.17, 15) is 0 Å². The summed E-state index contributed by atoms with van der Waals surface area (Å²) in [7, 11) is 0. The minimum absolute atomic E-state index is 0.800. The van der Waals surface area contributed by atoms with Gasteiger partial charge in [-0.3, -0.25) is 0 Å². The molecule has 3 aromatic rings. The Morgan fingerprint density at radius 1 is 1.20 bits per heavy atom. The van der Waals surface area contributed by atoms with Crippen LogP contribution in [0.4, 0.5) is 5.69 Å². The van der Waals surface area contributed by atoms with Crippen LogP contribution in [0.2, 0.25) is 0 Å². The third-order valence-corrected chi connectivity index (χ3v) is 5.31. The Balaban J connectivity index is 1.83. The summed E-state index contributed by atoms with van der Waals surface area (Å²) in [6.45, 7) is 2.17. The first kappa shape index (κ1) is 13.4. The number of aryl methyl sites for hydroxylation is 1. The highest BCUT2D eigenvalue weighted by molar-refractivity contribution is 7.98. The number of thioether (sulfide) groups is 1. The van der Waals surface area contributed by atoms with Crippen molar-refractivity contribution in [1.29, 1.82) is 0 Å². The Labute approximate surface area is 126 Å². The summed E-state index contributed by atoms with van der Waals surface area (Å²) < 4.78 is 0. The Morgan fingerprint density at radius 2 is 2.00 bits per heavy atom. The standard InChI is InChI=1S/C15H15N3S2/c1-2-12-7-13-14(17-9-18-15(13)20-12)19-8-10-3-5-11(16)6-4-10/h3-7,9H,2,8,16H2,1H3. The molecule has 0 aliphatic heterocycles. The first-order valence-electron chi connectivity index (χ1n) is 6.47. The highest BCUT2D eigenvalue weighted by atomic mass is 32.2. The van der Waals surface area contributed by atoms with Gasteiger partial charge >= 0.3 is 0 Å². The van der Waals surface area contributed by atoms with Gasteiger partial charge in [-0.15, -0.1) is 23.1 Å².